The fourth-order valence-electron chi connectivity index (χ4n) is 1.98. The van der Waals surface area contributed by atoms with Crippen molar-refractivity contribution >= 4 is 21.6 Å². The number of rotatable bonds is 2. The number of nitrogens with two attached hydrogens (primary N) is 1. The third-order valence-corrected chi connectivity index (χ3v) is 4.84. The Morgan fingerprint density at radius 2 is 2.10 bits per heavy atom. The van der Waals surface area contributed by atoms with Gasteiger partial charge in [-0.1, -0.05) is 10.3 Å². The van der Waals surface area contributed by atoms with E-state index < -0.39 is 15.9 Å². The second-order valence-electron chi connectivity index (χ2n) is 4.37. The lowest BCUT2D eigenvalue weighted by molar-refractivity contribution is 0.0863. The van der Waals surface area contributed by atoms with Gasteiger partial charge in [0.2, 0.25) is 0 Å². The van der Waals surface area contributed by atoms with Gasteiger partial charge in [-0.3, -0.25) is 4.79 Å². The second-order valence-corrected chi connectivity index (χ2v) is 6.20. The van der Waals surface area contributed by atoms with Crippen LogP contribution in [0.25, 0.3) is 0 Å². The number of carbonyl (C=O) groups excluding carboxylic acids is 1. The van der Waals surface area contributed by atoms with Crippen LogP contribution in [0.4, 0.5) is 5.69 Å². The highest BCUT2D eigenvalue weighted by molar-refractivity contribution is 7.90. The Kier molecular flexibility index (Phi) is 2.54. The molecule has 20 heavy (non-hydrogen) atoms. The molecule has 0 aliphatic carbocycles. The highest BCUT2D eigenvalue weighted by atomic mass is 32.2. The molecule has 0 unspecified atom stereocenters. The molecule has 0 spiro atoms. The fourth-order valence-corrected chi connectivity index (χ4v) is 3.54. The van der Waals surface area contributed by atoms with Crippen molar-refractivity contribution in [2.75, 3.05) is 5.73 Å². The minimum absolute atomic E-state index is 0.0865. The van der Waals surface area contributed by atoms with Crippen LogP contribution in [-0.2, 0) is 16.6 Å². The molecule has 0 saturated heterocycles. The number of amides is 1. The van der Waals surface area contributed by atoms with Crippen LogP contribution < -0.4 is 5.73 Å². The second kappa shape index (κ2) is 4.04. The molecule has 1 aliphatic heterocycles. The van der Waals surface area contributed by atoms with E-state index in [-0.39, 0.29) is 22.7 Å². The molecule has 1 aromatic carbocycles. The molecular weight excluding hydrogens is 284 g/mol. The van der Waals surface area contributed by atoms with Crippen LogP contribution >= 0.6 is 0 Å². The van der Waals surface area contributed by atoms with Crippen molar-refractivity contribution in [2.24, 2.45) is 0 Å². The van der Waals surface area contributed by atoms with E-state index >= 15 is 0 Å². The van der Waals surface area contributed by atoms with E-state index in [0.29, 0.717) is 11.4 Å². The predicted octanol–water partition coefficient (Wildman–Crippen LogP) is 0.305. The standard InChI is InChI=1S/C11H10N4O4S/c1-6-9(14-19-13-6)5-15-11(16)8-3-2-7(12)4-10(8)20(15,17)18/h2-4H,5,12H2,1H3. The van der Waals surface area contributed by atoms with Gasteiger partial charge in [0.25, 0.3) is 15.9 Å². The summed E-state index contributed by atoms with van der Waals surface area (Å²) in [5.41, 5.74) is 6.68. The smallest absolute Gasteiger partial charge is 0.269 e. The number of carbonyl (C=O) groups is 1. The summed E-state index contributed by atoms with van der Waals surface area (Å²) in [6.45, 7) is 1.40. The summed E-state index contributed by atoms with van der Waals surface area (Å²) in [7, 11) is -3.92. The van der Waals surface area contributed by atoms with Crippen LogP contribution in [-0.4, -0.2) is 28.9 Å². The summed E-state index contributed by atoms with van der Waals surface area (Å²) in [4.78, 5) is 12.1. The quantitative estimate of drug-likeness (QED) is 0.791. The lowest BCUT2D eigenvalue weighted by Gasteiger charge is -2.12. The molecule has 2 N–H and O–H groups in total. The molecule has 0 bridgehead atoms. The summed E-state index contributed by atoms with van der Waals surface area (Å²) in [6.07, 6.45) is 0. The van der Waals surface area contributed by atoms with E-state index in [0.717, 1.165) is 4.31 Å². The molecule has 9 heteroatoms. The number of hydrogen-bond donors (Lipinski definition) is 1. The van der Waals surface area contributed by atoms with Crippen molar-refractivity contribution in [3.8, 4) is 0 Å². The van der Waals surface area contributed by atoms with Gasteiger partial charge in [-0.05, 0) is 25.1 Å². The van der Waals surface area contributed by atoms with Gasteiger partial charge in [0.05, 0.1) is 12.1 Å². The molecule has 104 valence electrons. The number of benzene rings is 1. The lowest BCUT2D eigenvalue weighted by atomic mass is 10.2. The summed E-state index contributed by atoms with van der Waals surface area (Å²) in [5, 5.41) is 7.15. The van der Waals surface area contributed by atoms with Crippen molar-refractivity contribution in [1.29, 1.82) is 0 Å². The SMILES string of the molecule is Cc1nonc1CN1C(=O)c2ccc(N)cc2S1(=O)=O. The number of anilines is 1. The van der Waals surface area contributed by atoms with Gasteiger partial charge in [0, 0.05) is 5.69 Å². The maximum absolute atomic E-state index is 12.4. The Morgan fingerprint density at radius 1 is 1.35 bits per heavy atom. The lowest BCUT2D eigenvalue weighted by Crippen LogP contribution is -2.29. The molecule has 0 radical (unpaired) electrons. The molecule has 0 saturated carbocycles. The molecule has 0 atom stereocenters. The fraction of sp³-hybridized carbons (Fsp3) is 0.182. The molecule has 2 aromatic rings. The van der Waals surface area contributed by atoms with E-state index in [1.54, 1.807) is 6.92 Å². The zero-order valence-corrected chi connectivity index (χ0v) is 11.2. The first-order valence-corrected chi connectivity index (χ1v) is 7.10. The van der Waals surface area contributed by atoms with Crippen molar-refractivity contribution < 1.29 is 17.8 Å². The normalized spacial score (nSPS) is 16.4. The summed E-state index contributed by atoms with van der Waals surface area (Å²) in [5.74, 6) is -0.609. The van der Waals surface area contributed by atoms with E-state index in [2.05, 4.69) is 14.9 Å². The van der Waals surface area contributed by atoms with Crippen LogP contribution in [0.2, 0.25) is 0 Å². The van der Waals surface area contributed by atoms with E-state index in [1.165, 1.54) is 18.2 Å². The number of aryl methyl sites for hydroxylation is 1. The number of hydrogen-bond acceptors (Lipinski definition) is 7. The zero-order chi connectivity index (χ0) is 14.5. The van der Waals surface area contributed by atoms with Gasteiger partial charge in [0.1, 0.15) is 16.3 Å². The Hall–Kier alpha value is -2.42. The van der Waals surface area contributed by atoms with Gasteiger partial charge in [0.15, 0.2) is 0 Å². The van der Waals surface area contributed by atoms with Gasteiger partial charge in [-0.15, -0.1) is 0 Å². The van der Waals surface area contributed by atoms with E-state index in [1.807, 2.05) is 0 Å². The molecule has 3 rings (SSSR count). The van der Waals surface area contributed by atoms with Gasteiger partial charge < -0.3 is 5.73 Å². The van der Waals surface area contributed by atoms with Crippen molar-refractivity contribution in [1.82, 2.24) is 14.6 Å². The maximum Gasteiger partial charge on any atom is 0.269 e. The van der Waals surface area contributed by atoms with Crippen LogP contribution in [0.15, 0.2) is 27.7 Å². The topological polar surface area (TPSA) is 119 Å². The predicted molar refractivity (Wildman–Crippen MR) is 66.9 cm³/mol. The first-order chi connectivity index (χ1) is 9.41. The van der Waals surface area contributed by atoms with Crippen LogP contribution in [0, 0.1) is 6.92 Å². The first kappa shape index (κ1) is 12.6. The monoisotopic (exact) mass is 294 g/mol. The molecule has 1 aromatic heterocycles. The third kappa shape index (κ3) is 1.67. The van der Waals surface area contributed by atoms with Crippen LogP contribution in [0.3, 0.4) is 0 Å². The Bertz CT molecular complexity index is 812. The molecule has 2 heterocycles. The molecule has 8 nitrogen and oxygen atoms in total. The van der Waals surface area contributed by atoms with Gasteiger partial charge in [-0.25, -0.2) is 17.4 Å². The highest BCUT2D eigenvalue weighted by Crippen LogP contribution is 2.32. The first-order valence-electron chi connectivity index (χ1n) is 5.66. The van der Waals surface area contributed by atoms with Crippen molar-refractivity contribution in [2.45, 2.75) is 18.4 Å². The number of aromatic nitrogens is 2. The average molecular weight is 294 g/mol. The average Bonchev–Trinajstić information content (AvgIpc) is 2.86. The summed E-state index contributed by atoms with van der Waals surface area (Å²) >= 11 is 0. The summed E-state index contributed by atoms with van der Waals surface area (Å²) < 4.78 is 30.0. The van der Waals surface area contributed by atoms with Gasteiger partial charge >= 0.3 is 0 Å². The minimum Gasteiger partial charge on any atom is -0.399 e. The van der Waals surface area contributed by atoms with Crippen LogP contribution in [0.1, 0.15) is 21.7 Å². The third-order valence-electron chi connectivity index (χ3n) is 3.07. The molecular formula is C11H10N4O4S. The Labute approximate surface area is 114 Å². The van der Waals surface area contributed by atoms with Crippen LogP contribution in [0.5, 0.6) is 0 Å². The minimum atomic E-state index is -3.92. The maximum atomic E-state index is 12.4. The van der Waals surface area contributed by atoms with Crippen molar-refractivity contribution in [3.05, 3.63) is 35.2 Å². The number of sulfonamides is 1. The number of fused-ring (bicyclic) bond motifs is 1. The van der Waals surface area contributed by atoms with Gasteiger partial charge in [-0.2, -0.15) is 0 Å². The van der Waals surface area contributed by atoms with Crippen molar-refractivity contribution in [3.63, 3.8) is 0 Å². The number of nitrogens with zero attached hydrogens (tertiary/aromatic N) is 3. The Balaban J connectivity index is 2.08. The largest absolute Gasteiger partial charge is 0.399 e. The molecule has 0 fully saturated rings. The zero-order valence-electron chi connectivity index (χ0n) is 10.4. The highest BCUT2D eigenvalue weighted by Gasteiger charge is 2.41. The molecule has 1 amide bonds. The summed E-state index contributed by atoms with van der Waals surface area (Å²) in [6, 6.07) is 4.16. The van der Waals surface area contributed by atoms with E-state index in [4.69, 9.17) is 5.73 Å². The number of nitrogen functional groups attached to an aromatic ring is 1. The van der Waals surface area contributed by atoms with E-state index in [9.17, 15) is 13.2 Å². The molecule has 1 aliphatic rings. The Morgan fingerprint density at radius 3 is 2.75 bits per heavy atom.